The van der Waals surface area contributed by atoms with E-state index in [2.05, 4.69) is 9.44 Å². The maximum absolute atomic E-state index is 12.0. The Bertz CT molecular complexity index is 584. The second kappa shape index (κ2) is 7.11. The third-order valence-corrected chi connectivity index (χ3v) is 5.40. The van der Waals surface area contributed by atoms with Crippen LogP contribution in [0.5, 0.6) is 0 Å². The molecule has 0 saturated heterocycles. The van der Waals surface area contributed by atoms with E-state index in [-0.39, 0.29) is 13.1 Å². The van der Waals surface area contributed by atoms with Crippen molar-refractivity contribution in [3.63, 3.8) is 0 Å². The molecule has 114 valence electrons. The molecule has 0 amide bonds. The Labute approximate surface area is 117 Å². The maximum atomic E-state index is 12.0. The van der Waals surface area contributed by atoms with Crippen molar-refractivity contribution in [1.82, 2.24) is 9.44 Å². The predicted molar refractivity (Wildman–Crippen MR) is 71.0 cm³/mol. The summed E-state index contributed by atoms with van der Waals surface area (Å²) in [6, 6.07) is 5.07. The van der Waals surface area contributed by atoms with Gasteiger partial charge >= 0.3 is 0 Å². The Morgan fingerprint density at radius 1 is 0.800 bits per heavy atom. The molecule has 0 aliphatic carbocycles. The highest BCUT2D eigenvalue weighted by Crippen LogP contribution is 2.20. The fourth-order valence-corrected chi connectivity index (χ4v) is 4.28. The molecule has 0 aliphatic rings. The van der Waals surface area contributed by atoms with E-state index in [0.29, 0.717) is 0 Å². The van der Waals surface area contributed by atoms with Crippen LogP contribution < -0.4 is 9.44 Å². The number of benzene rings is 1. The van der Waals surface area contributed by atoms with Gasteiger partial charge in [-0.1, -0.05) is 12.1 Å². The Morgan fingerprint density at radius 2 is 1.15 bits per heavy atom. The monoisotopic (exact) mass is 324 g/mol. The van der Waals surface area contributed by atoms with Crippen molar-refractivity contribution in [2.45, 2.75) is 9.79 Å². The third-order valence-electron chi connectivity index (χ3n) is 2.24. The summed E-state index contributed by atoms with van der Waals surface area (Å²) in [4.78, 5) is -0.835. The Hall–Kier alpha value is -1.04. The van der Waals surface area contributed by atoms with E-state index in [4.69, 9.17) is 10.2 Å². The van der Waals surface area contributed by atoms with Crippen molar-refractivity contribution >= 4 is 20.0 Å². The molecule has 4 N–H and O–H groups in total. The van der Waals surface area contributed by atoms with E-state index < -0.39 is 43.1 Å². The molecular weight excluding hydrogens is 308 g/mol. The average molecular weight is 324 g/mol. The highest BCUT2D eigenvalue weighted by Gasteiger charge is 2.25. The Kier molecular flexibility index (Phi) is 6.05. The van der Waals surface area contributed by atoms with Gasteiger partial charge in [-0.15, -0.1) is 0 Å². The number of rotatable bonds is 8. The highest BCUT2D eigenvalue weighted by atomic mass is 32.2. The summed E-state index contributed by atoms with van der Waals surface area (Å²) in [5.41, 5.74) is 0. The van der Waals surface area contributed by atoms with Crippen molar-refractivity contribution in [2.24, 2.45) is 0 Å². The molecule has 1 aromatic carbocycles. The van der Waals surface area contributed by atoms with Crippen molar-refractivity contribution in [2.75, 3.05) is 26.3 Å². The Morgan fingerprint density at radius 3 is 1.45 bits per heavy atom. The molecule has 10 heteroatoms. The summed E-state index contributed by atoms with van der Waals surface area (Å²) < 4.78 is 52.0. The van der Waals surface area contributed by atoms with E-state index >= 15 is 0 Å². The minimum absolute atomic E-state index is 0.221. The maximum Gasteiger partial charge on any atom is 0.241 e. The molecule has 1 aromatic rings. The van der Waals surface area contributed by atoms with E-state index in [1.165, 1.54) is 12.1 Å². The van der Waals surface area contributed by atoms with Gasteiger partial charge in [0.05, 0.1) is 13.2 Å². The normalized spacial score (nSPS) is 12.5. The predicted octanol–water partition coefficient (Wildman–Crippen LogP) is -1.77. The van der Waals surface area contributed by atoms with Crippen LogP contribution in [0.15, 0.2) is 34.1 Å². The SMILES string of the molecule is O=S(=O)(NCCO)c1ccccc1S(=O)(=O)NCCO. The standard InChI is InChI=1S/C10H16N2O6S2/c13-7-5-11-19(15,16)9-3-1-2-4-10(9)20(17,18)12-6-8-14/h1-4,11-14H,5-8H2. The lowest BCUT2D eigenvalue weighted by molar-refractivity contribution is 0.300. The first-order valence-corrected chi connectivity index (χ1v) is 8.62. The van der Waals surface area contributed by atoms with Crippen LogP contribution >= 0.6 is 0 Å². The summed E-state index contributed by atoms with van der Waals surface area (Å²) in [5.74, 6) is 0. The van der Waals surface area contributed by atoms with Gasteiger partial charge in [-0.05, 0) is 12.1 Å². The summed E-state index contributed by atoms with van der Waals surface area (Å²) in [7, 11) is -8.11. The first-order chi connectivity index (χ1) is 9.35. The number of sulfonamides is 2. The lowest BCUT2D eigenvalue weighted by Crippen LogP contribution is -2.31. The summed E-state index contributed by atoms with van der Waals surface area (Å²) in [5, 5.41) is 17.3. The smallest absolute Gasteiger partial charge is 0.241 e. The van der Waals surface area contributed by atoms with Crippen molar-refractivity contribution in [3.05, 3.63) is 24.3 Å². The van der Waals surface area contributed by atoms with E-state index in [0.717, 1.165) is 12.1 Å². The molecule has 20 heavy (non-hydrogen) atoms. The van der Waals surface area contributed by atoms with Gasteiger partial charge in [-0.25, -0.2) is 26.3 Å². The van der Waals surface area contributed by atoms with E-state index in [9.17, 15) is 16.8 Å². The van der Waals surface area contributed by atoms with Crippen molar-refractivity contribution < 1.29 is 27.0 Å². The zero-order valence-corrected chi connectivity index (χ0v) is 12.1. The van der Waals surface area contributed by atoms with Crippen LogP contribution in [-0.2, 0) is 20.0 Å². The summed E-state index contributed by atoms with van der Waals surface area (Å²) >= 11 is 0. The lowest BCUT2D eigenvalue weighted by Gasteiger charge is -2.11. The molecule has 0 atom stereocenters. The minimum atomic E-state index is -4.05. The van der Waals surface area contributed by atoms with Gasteiger partial charge in [0.15, 0.2) is 0 Å². The fraction of sp³-hybridized carbons (Fsp3) is 0.400. The molecule has 0 aliphatic heterocycles. The van der Waals surface area contributed by atoms with Crippen molar-refractivity contribution in [3.8, 4) is 0 Å². The highest BCUT2D eigenvalue weighted by molar-refractivity contribution is 7.92. The van der Waals surface area contributed by atoms with Crippen LogP contribution in [0.25, 0.3) is 0 Å². The second-order valence-corrected chi connectivity index (χ2v) is 7.16. The van der Waals surface area contributed by atoms with Gasteiger partial charge in [0.1, 0.15) is 9.79 Å². The molecule has 1 rings (SSSR count). The first kappa shape index (κ1) is 17.0. The molecule has 0 spiro atoms. The third kappa shape index (κ3) is 4.23. The largest absolute Gasteiger partial charge is 0.395 e. The number of hydrogen-bond donors (Lipinski definition) is 4. The Balaban J connectivity index is 3.24. The molecule has 0 heterocycles. The number of hydrogen-bond acceptors (Lipinski definition) is 6. The quantitative estimate of drug-likeness (QED) is 0.447. The average Bonchev–Trinajstić information content (AvgIpc) is 2.43. The van der Waals surface area contributed by atoms with Crippen LogP contribution in [-0.4, -0.2) is 53.4 Å². The van der Waals surface area contributed by atoms with Gasteiger partial charge in [0.25, 0.3) is 0 Å². The van der Waals surface area contributed by atoms with Crippen LogP contribution in [0.2, 0.25) is 0 Å². The molecule has 0 saturated carbocycles. The van der Waals surface area contributed by atoms with Gasteiger partial charge in [0, 0.05) is 13.1 Å². The molecular formula is C10H16N2O6S2. The van der Waals surface area contributed by atoms with Crippen LogP contribution in [0.3, 0.4) is 0 Å². The molecule has 0 aromatic heterocycles. The van der Waals surface area contributed by atoms with Crippen LogP contribution in [0, 0.1) is 0 Å². The fourth-order valence-electron chi connectivity index (χ4n) is 1.41. The summed E-state index contributed by atoms with van der Waals surface area (Å²) in [6.07, 6.45) is 0. The van der Waals surface area contributed by atoms with Crippen LogP contribution in [0.1, 0.15) is 0 Å². The molecule has 0 bridgehead atoms. The molecule has 0 unspecified atom stereocenters. The van der Waals surface area contributed by atoms with Gasteiger partial charge in [-0.3, -0.25) is 0 Å². The second-order valence-electron chi connectivity index (χ2n) is 3.69. The number of nitrogens with one attached hydrogen (secondary N) is 2. The number of aliphatic hydroxyl groups excluding tert-OH is 2. The van der Waals surface area contributed by atoms with Crippen LogP contribution in [0.4, 0.5) is 0 Å². The van der Waals surface area contributed by atoms with Gasteiger partial charge in [0.2, 0.25) is 20.0 Å². The zero-order valence-electron chi connectivity index (χ0n) is 10.5. The zero-order chi connectivity index (χ0) is 15.2. The van der Waals surface area contributed by atoms with Crippen molar-refractivity contribution in [1.29, 1.82) is 0 Å². The minimum Gasteiger partial charge on any atom is -0.395 e. The molecule has 0 fully saturated rings. The van der Waals surface area contributed by atoms with Gasteiger partial charge in [-0.2, -0.15) is 0 Å². The summed E-state index contributed by atoms with van der Waals surface area (Å²) in [6.45, 7) is -1.25. The topological polar surface area (TPSA) is 133 Å². The lowest BCUT2D eigenvalue weighted by atomic mass is 10.4. The molecule has 8 nitrogen and oxygen atoms in total. The number of aliphatic hydroxyl groups is 2. The van der Waals surface area contributed by atoms with E-state index in [1.54, 1.807) is 0 Å². The van der Waals surface area contributed by atoms with E-state index in [1.807, 2.05) is 0 Å². The molecule has 0 radical (unpaired) electrons. The van der Waals surface area contributed by atoms with Gasteiger partial charge < -0.3 is 10.2 Å². The first-order valence-electron chi connectivity index (χ1n) is 5.65.